The van der Waals surface area contributed by atoms with Crippen molar-refractivity contribution in [2.75, 3.05) is 0 Å². The van der Waals surface area contributed by atoms with Crippen LogP contribution in [-0.2, 0) is 0 Å². The second kappa shape index (κ2) is 6.49. The molecule has 0 saturated heterocycles. The lowest BCUT2D eigenvalue weighted by atomic mass is 9.54. The Morgan fingerprint density at radius 3 is 2.45 bits per heavy atom. The first-order valence-electron chi connectivity index (χ1n) is 8.86. The number of aliphatic hydroxyl groups is 2. The predicted molar refractivity (Wildman–Crippen MR) is 92.6 cm³/mol. The third-order valence-corrected chi connectivity index (χ3v) is 6.29. The summed E-state index contributed by atoms with van der Waals surface area (Å²) < 4.78 is 0. The van der Waals surface area contributed by atoms with Crippen LogP contribution in [0.25, 0.3) is 0 Å². The zero-order chi connectivity index (χ0) is 16.5. The minimum atomic E-state index is -0.568. The van der Waals surface area contributed by atoms with Gasteiger partial charge >= 0.3 is 0 Å². The molecule has 2 nitrogen and oxygen atoms in total. The maximum absolute atomic E-state index is 10.9. The van der Waals surface area contributed by atoms with Gasteiger partial charge in [-0.2, -0.15) is 0 Å². The van der Waals surface area contributed by atoms with Gasteiger partial charge in [0.05, 0.1) is 11.7 Å². The van der Waals surface area contributed by atoms with Gasteiger partial charge in [-0.25, -0.2) is 0 Å². The average molecular weight is 306 g/mol. The Morgan fingerprint density at radius 2 is 1.77 bits per heavy atom. The summed E-state index contributed by atoms with van der Waals surface area (Å²) in [7, 11) is 0. The summed E-state index contributed by atoms with van der Waals surface area (Å²) in [5, 5.41) is 21.1. The molecule has 2 N–H and O–H groups in total. The molecule has 0 unspecified atom stereocenters. The van der Waals surface area contributed by atoms with Crippen LogP contribution in [0.5, 0.6) is 0 Å². The lowest BCUT2D eigenvalue weighted by Gasteiger charge is -2.53. The van der Waals surface area contributed by atoms with Gasteiger partial charge in [0.2, 0.25) is 0 Å². The van der Waals surface area contributed by atoms with E-state index in [1.54, 1.807) is 0 Å². The van der Waals surface area contributed by atoms with E-state index in [4.69, 9.17) is 0 Å². The predicted octanol–water partition coefficient (Wildman–Crippen LogP) is 4.62. The van der Waals surface area contributed by atoms with Crippen molar-refractivity contribution in [3.63, 3.8) is 0 Å². The lowest BCUT2D eigenvalue weighted by molar-refractivity contribution is -0.118. The minimum Gasteiger partial charge on any atom is -0.390 e. The summed E-state index contributed by atoms with van der Waals surface area (Å²) in [6.07, 6.45) is 9.74. The molecule has 4 atom stereocenters. The quantitative estimate of drug-likeness (QED) is 0.641. The standard InChI is InChI=1S/C20H34O2/c1-14-6-8-16-10-11-20(5,22)18(19(16,3)4)9-7-15(2)13-17(21)12-14/h6,13,16-18,21-22H,7-12H2,1-5H3/b14-6?,15-13+/t16-,17-,18+,20+/m0/s1. The van der Waals surface area contributed by atoms with Crippen LogP contribution in [-0.4, -0.2) is 21.9 Å². The van der Waals surface area contributed by atoms with Crippen molar-refractivity contribution in [3.05, 3.63) is 23.3 Å². The zero-order valence-electron chi connectivity index (χ0n) is 15.0. The van der Waals surface area contributed by atoms with E-state index in [-0.39, 0.29) is 11.5 Å². The van der Waals surface area contributed by atoms with Crippen molar-refractivity contribution in [3.8, 4) is 0 Å². The van der Waals surface area contributed by atoms with Crippen molar-refractivity contribution in [1.29, 1.82) is 0 Å². The summed E-state index contributed by atoms with van der Waals surface area (Å²) in [5.41, 5.74) is 2.11. The molecule has 2 aliphatic rings. The van der Waals surface area contributed by atoms with Crippen LogP contribution in [0.4, 0.5) is 0 Å². The van der Waals surface area contributed by atoms with Crippen LogP contribution in [0.15, 0.2) is 23.3 Å². The first-order chi connectivity index (χ1) is 10.1. The van der Waals surface area contributed by atoms with E-state index in [1.165, 1.54) is 11.1 Å². The van der Waals surface area contributed by atoms with Crippen molar-refractivity contribution < 1.29 is 10.2 Å². The molecule has 22 heavy (non-hydrogen) atoms. The molecule has 0 heterocycles. The normalized spacial score (nSPS) is 42.4. The van der Waals surface area contributed by atoms with E-state index < -0.39 is 5.60 Å². The highest BCUT2D eigenvalue weighted by Crippen LogP contribution is 2.53. The first-order valence-corrected chi connectivity index (χ1v) is 8.86. The van der Waals surface area contributed by atoms with Crippen molar-refractivity contribution in [2.24, 2.45) is 17.3 Å². The van der Waals surface area contributed by atoms with Gasteiger partial charge in [-0.1, -0.05) is 37.1 Å². The molecule has 1 fully saturated rings. The van der Waals surface area contributed by atoms with E-state index in [1.807, 2.05) is 13.0 Å². The Morgan fingerprint density at radius 1 is 1.09 bits per heavy atom. The molecular formula is C20H34O2. The fraction of sp³-hybridized carbons (Fsp3) is 0.800. The molecule has 2 rings (SSSR count). The van der Waals surface area contributed by atoms with Gasteiger partial charge in [0.1, 0.15) is 0 Å². The van der Waals surface area contributed by atoms with E-state index in [2.05, 4.69) is 33.8 Å². The van der Waals surface area contributed by atoms with Gasteiger partial charge in [0.15, 0.2) is 0 Å². The van der Waals surface area contributed by atoms with Crippen LogP contribution in [0.2, 0.25) is 0 Å². The molecule has 0 aromatic carbocycles. The van der Waals surface area contributed by atoms with E-state index in [0.717, 1.165) is 38.5 Å². The third-order valence-electron chi connectivity index (χ3n) is 6.29. The highest BCUT2D eigenvalue weighted by Gasteiger charge is 2.49. The maximum Gasteiger partial charge on any atom is 0.0760 e. The SMILES string of the molecule is CC1=CC[C@H]2CC[C@@](C)(O)[C@H](CC/C(C)=C/[C@@H](O)C1)C2(C)C. The van der Waals surface area contributed by atoms with Gasteiger partial charge in [-0.3, -0.25) is 0 Å². The summed E-state index contributed by atoms with van der Waals surface area (Å²) in [6, 6.07) is 0. The maximum atomic E-state index is 10.9. The van der Waals surface area contributed by atoms with Gasteiger partial charge in [0, 0.05) is 0 Å². The topological polar surface area (TPSA) is 40.5 Å². The van der Waals surface area contributed by atoms with Crippen LogP contribution >= 0.6 is 0 Å². The molecule has 0 aromatic heterocycles. The van der Waals surface area contributed by atoms with Crippen LogP contribution in [0.3, 0.4) is 0 Å². The summed E-state index contributed by atoms with van der Waals surface area (Å²) >= 11 is 0. The molecule has 126 valence electrons. The van der Waals surface area contributed by atoms with Gasteiger partial charge in [0.25, 0.3) is 0 Å². The van der Waals surface area contributed by atoms with Gasteiger partial charge in [-0.05, 0) is 76.5 Å². The molecule has 2 heteroatoms. The van der Waals surface area contributed by atoms with Crippen molar-refractivity contribution in [2.45, 2.75) is 84.8 Å². The minimum absolute atomic E-state index is 0.149. The molecule has 0 radical (unpaired) electrons. The summed E-state index contributed by atoms with van der Waals surface area (Å²) in [4.78, 5) is 0. The van der Waals surface area contributed by atoms with Crippen LogP contribution in [0, 0.1) is 17.3 Å². The molecular weight excluding hydrogens is 272 g/mol. The third kappa shape index (κ3) is 3.83. The molecule has 1 saturated carbocycles. The number of rotatable bonds is 0. The number of fused-ring (bicyclic) bond motifs is 2. The second-order valence-corrected chi connectivity index (χ2v) is 8.58. The molecule has 2 aliphatic carbocycles. The van der Waals surface area contributed by atoms with Crippen molar-refractivity contribution in [1.82, 2.24) is 0 Å². The summed E-state index contributed by atoms with van der Waals surface area (Å²) in [5.74, 6) is 0.931. The fourth-order valence-electron chi connectivity index (χ4n) is 4.80. The van der Waals surface area contributed by atoms with Crippen molar-refractivity contribution >= 4 is 0 Å². The number of hydrogen-bond acceptors (Lipinski definition) is 2. The average Bonchev–Trinajstić information content (AvgIpc) is 2.35. The number of allylic oxidation sites excluding steroid dienone is 2. The highest BCUT2D eigenvalue weighted by molar-refractivity contribution is 5.11. The van der Waals surface area contributed by atoms with Gasteiger partial charge in [-0.15, -0.1) is 0 Å². The van der Waals surface area contributed by atoms with E-state index in [0.29, 0.717) is 11.8 Å². The smallest absolute Gasteiger partial charge is 0.0760 e. The Hall–Kier alpha value is -0.600. The molecule has 0 aliphatic heterocycles. The first kappa shape index (κ1) is 17.7. The van der Waals surface area contributed by atoms with Gasteiger partial charge < -0.3 is 10.2 Å². The fourth-order valence-corrected chi connectivity index (χ4v) is 4.80. The van der Waals surface area contributed by atoms with E-state index in [9.17, 15) is 10.2 Å². The number of aliphatic hydroxyl groups excluding tert-OH is 1. The molecule has 2 bridgehead atoms. The molecule has 0 aromatic rings. The lowest BCUT2D eigenvalue weighted by Crippen LogP contribution is -2.51. The largest absolute Gasteiger partial charge is 0.390 e. The van der Waals surface area contributed by atoms with E-state index >= 15 is 0 Å². The Bertz CT molecular complexity index is 456. The number of hydrogen-bond donors (Lipinski definition) is 2. The Kier molecular flexibility index (Phi) is 5.23. The summed E-state index contributed by atoms with van der Waals surface area (Å²) in [6.45, 7) is 11.0. The molecule has 0 amide bonds. The highest BCUT2D eigenvalue weighted by atomic mass is 16.3. The van der Waals surface area contributed by atoms with Crippen LogP contribution in [0.1, 0.15) is 73.1 Å². The molecule has 0 spiro atoms. The second-order valence-electron chi connectivity index (χ2n) is 8.58. The monoisotopic (exact) mass is 306 g/mol. The zero-order valence-corrected chi connectivity index (χ0v) is 15.0. The van der Waals surface area contributed by atoms with Crippen LogP contribution < -0.4 is 0 Å². The Balaban J connectivity index is 2.33. The Labute approximate surface area is 136 Å².